The van der Waals surface area contributed by atoms with Gasteiger partial charge in [-0.2, -0.15) is 0 Å². The Hall–Kier alpha value is -4.26. The van der Waals surface area contributed by atoms with E-state index in [1.807, 2.05) is 60.7 Å². The van der Waals surface area contributed by atoms with Gasteiger partial charge in [0.25, 0.3) is 5.91 Å². The number of carboxylic acids is 1. The van der Waals surface area contributed by atoms with Crippen LogP contribution in [0, 0.1) is 12.8 Å². The van der Waals surface area contributed by atoms with Crippen LogP contribution in [0.2, 0.25) is 0 Å². The van der Waals surface area contributed by atoms with Gasteiger partial charge in [-0.1, -0.05) is 44.2 Å². The number of fused-ring (bicyclic) bond motifs is 1. The van der Waals surface area contributed by atoms with Gasteiger partial charge in [-0.15, -0.1) is 0 Å². The number of carbonyl (C=O) groups excluding carboxylic acids is 1. The molecule has 1 heterocycles. The van der Waals surface area contributed by atoms with Crippen molar-refractivity contribution in [3.8, 4) is 5.75 Å². The molecular formula is C32H36N2O5. The summed E-state index contributed by atoms with van der Waals surface area (Å²) in [5, 5.41) is 13.5. The summed E-state index contributed by atoms with van der Waals surface area (Å²) in [6.45, 7) is 7.09. The minimum absolute atomic E-state index is 0.0640. The topological polar surface area (TPSA) is 92.0 Å². The van der Waals surface area contributed by atoms with Gasteiger partial charge in [0.1, 0.15) is 23.7 Å². The number of ether oxygens (including phenoxy) is 1. The minimum atomic E-state index is -0.929. The van der Waals surface area contributed by atoms with E-state index in [0.29, 0.717) is 18.1 Å². The number of hydrogen-bond acceptors (Lipinski definition) is 5. The second-order valence-electron chi connectivity index (χ2n) is 10.3. The van der Waals surface area contributed by atoms with Crippen molar-refractivity contribution in [2.24, 2.45) is 5.92 Å². The molecule has 1 atom stereocenters. The molecule has 4 aromatic rings. The Labute approximate surface area is 229 Å². The normalized spacial score (nSPS) is 11.9. The maximum atomic E-state index is 12.6. The third-order valence-electron chi connectivity index (χ3n) is 6.70. The number of carbonyl (C=O) groups is 2. The lowest BCUT2D eigenvalue weighted by Gasteiger charge is -2.21. The van der Waals surface area contributed by atoms with E-state index in [-0.39, 0.29) is 24.9 Å². The second-order valence-corrected chi connectivity index (χ2v) is 10.3. The molecule has 3 aromatic carbocycles. The van der Waals surface area contributed by atoms with Gasteiger partial charge < -0.3 is 24.5 Å². The fourth-order valence-corrected chi connectivity index (χ4v) is 4.58. The lowest BCUT2D eigenvalue weighted by molar-refractivity contribution is -0.137. The Balaban J connectivity index is 1.51. The monoisotopic (exact) mass is 528 g/mol. The van der Waals surface area contributed by atoms with Gasteiger partial charge in [0.15, 0.2) is 0 Å². The number of amides is 1. The minimum Gasteiger partial charge on any atom is -0.489 e. The van der Waals surface area contributed by atoms with Gasteiger partial charge in [0, 0.05) is 35.8 Å². The Bertz CT molecular complexity index is 1410. The summed E-state index contributed by atoms with van der Waals surface area (Å²) in [5.41, 5.74) is 4.38. The molecule has 2 N–H and O–H groups in total. The van der Waals surface area contributed by atoms with E-state index < -0.39 is 5.97 Å². The van der Waals surface area contributed by atoms with Crippen LogP contribution in [-0.4, -0.2) is 35.5 Å². The van der Waals surface area contributed by atoms with E-state index in [1.165, 1.54) is 4.90 Å². The van der Waals surface area contributed by atoms with Crippen molar-refractivity contribution < 1.29 is 23.8 Å². The average Bonchev–Trinajstić information content (AvgIpc) is 3.26. The standard InChI is InChI=1S/C32H36N2O5/c1-21(2)18-28(33-25-12-10-24(11-13-25)32(37)34(4)17-16-30(35)36)31-22(3)27-19-26(14-15-29(27)39-31)38-20-23-8-6-5-7-9-23/h5-15,19,21,28,33H,16-18,20H2,1-4H3,(H,35,36)/t28-/m0/s1. The third-order valence-corrected chi connectivity index (χ3v) is 6.70. The SMILES string of the molecule is Cc1c([C@H](CC(C)C)Nc2ccc(C(=O)N(C)CCC(=O)O)cc2)oc2ccc(OCc3ccccc3)cc12. The molecule has 0 saturated heterocycles. The molecule has 4 rings (SSSR count). The highest BCUT2D eigenvalue weighted by Crippen LogP contribution is 2.36. The Kier molecular flexibility index (Phi) is 8.92. The Morgan fingerprint density at radius 3 is 2.41 bits per heavy atom. The highest BCUT2D eigenvalue weighted by Gasteiger charge is 2.22. The summed E-state index contributed by atoms with van der Waals surface area (Å²) in [6.07, 6.45) is 0.771. The number of aryl methyl sites for hydroxylation is 1. The van der Waals surface area contributed by atoms with Gasteiger partial charge in [-0.25, -0.2) is 0 Å². The summed E-state index contributed by atoms with van der Waals surface area (Å²) in [4.78, 5) is 24.9. The highest BCUT2D eigenvalue weighted by molar-refractivity contribution is 5.94. The number of nitrogens with zero attached hydrogens (tertiary/aromatic N) is 1. The zero-order valence-corrected chi connectivity index (χ0v) is 22.9. The molecule has 0 saturated carbocycles. The predicted octanol–water partition coefficient (Wildman–Crippen LogP) is 7.07. The fraction of sp³-hybridized carbons (Fsp3) is 0.312. The van der Waals surface area contributed by atoms with Crippen molar-refractivity contribution in [3.63, 3.8) is 0 Å². The van der Waals surface area contributed by atoms with Crippen LogP contribution in [-0.2, 0) is 11.4 Å². The largest absolute Gasteiger partial charge is 0.489 e. The fourth-order valence-electron chi connectivity index (χ4n) is 4.58. The molecule has 7 nitrogen and oxygen atoms in total. The van der Waals surface area contributed by atoms with Crippen LogP contribution in [0.3, 0.4) is 0 Å². The quantitative estimate of drug-likeness (QED) is 0.204. The molecule has 204 valence electrons. The smallest absolute Gasteiger partial charge is 0.305 e. The van der Waals surface area contributed by atoms with Crippen LogP contribution in [0.25, 0.3) is 11.0 Å². The molecule has 0 radical (unpaired) electrons. The maximum absolute atomic E-state index is 12.6. The second kappa shape index (κ2) is 12.5. The van der Waals surface area contributed by atoms with E-state index in [9.17, 15) is 9.59 Å². The van der Waals surface area contributed by atoms with Gasteiger partial charge in [-0.3, -0.25) is 9.59 Å². The summed E-state index contributed by atoms with van der Waals surface area (Å²) < 4.78 is 12.4. The number of furan rings is 1. The number of benzene rings is 3. The van der Waals surface area contributed by atoms with Crippen molar-refractivity contribution in [1.82, 2.24) is 4.90 Å². The van der Waals surface area contributed by atoms with E-state index in [4.69, 9.17) is 14.3 Å². The van der Waals surface area contributed by atoms with Gasteiger partial charge in [0.2, 0.25) is 0 Å². The molecule has 0 aliphatic carbocycles. The lowest BCUT2D eigenvalue weighted by atomic mass is 9.98. The molecule has 0 unspecified atom stereocenters. The lowest BCUT2D eigenvalue weighted by Crippen LogP contribution is -2.29. The molecule has 39 heavy (non-hydrogen) atoms. The van der Waals surface area contributed by atoms with Crippen LogP contribution in [0.15, 0.2) is 77.2 Å². The summed E-state index contributed by atoms with van der Waals surface area (Å²) in [5.74, 6) is 0.960. The Morgan fingerprint density at radius 1 is 1.03 bits per heavy atom. The Morgan fingerprint density at radius 2 is 1.74 bits per heavy atom. The molecular weight excluding hydrogens is 492 g/mol. The molecule has 0 aliphatic heterocycles. The first-order chi connectivity index (χ1) is 18.7. The van der Waals surface area contributed by atoms with Crippen LogP contribution < -0.4 is 10.1 Å². The van der Waals surface area contributed by atoms with Crippen molar-refractivity contribution in [3.05, 3.63) is 95.2 Å². The maximum Gasteiger partial charge on any atom is 0.305 e. The number of nitrogens with one attached hydrogen (secondary N) is 1. The van der Waals surface area contributed by atoms with Crippen LogP contribution in [0.1, 0.15) is 60.0 Å². The number of anilines is 1. The van der Waals surface area contributed by atoms with Gasteiger partial charge in [-0.05, 0) is 67.3 Å². The van der Waals surface area contributed by atoms with Gasteiger partial charge >= 0.3 is 5.97 Å². The zero-order chi connectivity index (χ0) is 27.9. The first kappa shape index (κ1) is 27.8. The van der Waals surface area contributed by atoms with Crippen molar-refractivity contribution in [1.29, 1.82) is 0 Å². The first-order valence-electron chi connectivity index (χ1n) is 13.2. The van der Waals surface area contributed by atoms with Crippen molar-refractivity contribution in [2.75, 3.05) is 18.9 Å². The molecule has 0 spiro atoms. The van der Waals surface area contributed by atoms with E-state index in [1.54, 1.807) is 19.2 Å². The summed E-state index contributed by atoms with van der Waals surface area (Å²) in [7, 11) is 1.61. The number of rotatable bonds is 12. The molecule has 0 aliphatic rings. The van der Waals surface area contributed by atoms with E-state index in [2.05, 4.69) is 26.1 Å². The predicted molar refractivity (Wildman–Crippen MR) is 153 cm³/mol. The summed E-state index contributed by atoms with van der Waals surface area (Å²) in [6, 6.07) is 23.2. The summed E-state index contributed by atoms with van der Waals surface area (Å²) >= 11 is 0. The van der Waals surface area contributed by atoms with Crippen LogP contribution >= 0.6 is 0 Å². The molecule has 0 bridgehead atoms. The number of hydrogen-bond donors (Lipinski definition) is 2. The first-order valence-corrected chi connectivity index (χ1v) is 13.2. The molecule has 1 amide bonds. The van der Waals surface area contributed by atoms with E-state index >= 15 is 0 Å². The van der Waals surface area contributed by atoms with Gasteiger partial charge in [0.05, 0.1) is 12.5 Å². The highest BCUT2D eigenvalue weighted by atomic mass is 16.5. The zero-order valence-electron chi connectivity index (χ0n) is 22.9. The molecule has 0 fully saturated rings. The molecule has 1 aromatic heterocycles. The third kappa shape index (κ3) is 7.19. The van der Waals surface area contributed by atoms with E-state index in [0.717, 1.165) is 45.7 Å². The number of carboxylic acid groups (broad SMARTS) is 1. The van der Waals surface area contributed by atoms with Crippen molar-refractivity contribution >= 4 is 28.5 Å². The van der Waals surface area contributed by atoms with Crippen LogP contribution in [0.5, 0.6) is 5.75 Å². The average molecular weight is 529 g/mol. The number of aliphatic carboxylic acids is 1. The van der Waals surface area contributed by atoms with Crippen molar-refractivity contribution in [2.45, 2.75) is 46.3 Å². The van der Waals surface area contributed by atoms with Crippen LogP contribution in [0.4, 0.5) is 5.69 Å². The molecule has 7 heteroatoms.